The molecule has 1 aromatic heterocycles. The Morgan fingerprint density at radius 1 is 1.55 bits per heavy atom. The molecule has 1 aliphatic heterocycles. The SMILES string of the molecule is CCOC(=O)[C@@H]1CCC[NH+](CC(=O)Nc2cccnc2Cl)C1. The van der Waals surface area contributed by atoms with Crippen LogP contribution in [0.5, 0.6) is 0 Å². The maximum atomic E-state index is 12.1. The minimum atomic E-state index is -0.157. The molecule has 0 saturated carbocycles. The number of likely N-dealkylation sites (tertiary alicyclic amines) is 1. The molecule has 0 bridgehead atoms. The molecular formula is C15H21ClN3O3+. The number of piperidine rings is 1. The van der Waals surface area contributed by atoms with Crippen molar-refractivity contribution in [3.05, 3.63) is 23.5 Å². The van der Waals surface area contributed by atoms with Crippen LogP contribution in [-0.4, -0.2) is 43.1 Å². The molecule has 0 aromatic carbocycles. The Balaban J connectivity index is 1.86. The highest BCUT2D eigenvalue weighted by Gasteiger charge is 2.30. The van der Waals surface area contributed by atoms with E-state index in [1.165, 1.54) is 0 Å². The number of hydrogen-bond donors (Lipinski definition) is 2. The van der Waals surface area contributed by atoms with Gasteiger partial charge in [0, 0.05) is 6.20 Å². The summed E-state index contributed by atoms with van der Waals surface area (Å²) < 4.78 is 5.07. The summed E-state index contributed by atoms with van der Waals surface area (Å²) >= 11 is 5.92. The summed E-state index contributed by atoms with van der Waals surface area (Å²) in [6.07, 6.45) is 3.32. The number of esters is 1. The average molecular weight is 327 g/mol. The Morgan fingerprint density at radius 2 is 2.36 bits per heavy atom. The number of carbonyl (C=O) groups excluding carboxylic acids is 2. The molecule has 2 atom stereocenters. The van der Waals surface area contributed by atoms with Gasteiger partial charge in [-0.15, -0.1) is 0 Å². The summed E-state index contributed by atoms with van der Waals surface area (Å²) in [5.74, 6) is -0.400. The first kappa shape index (κ1) is 16.7. The van der Waals surface area contributed by atoms with Gasteiger partial charge >= 0.3 is 5.97 Å². The van der Waals surface area contributed by atoms with E-state index in [-0.39, 0.29) is 22.9 Å². The smallest absolute Gasteiger partial charge is 0.314 e. The van der Waals surface area contributed by atoms with Gasteiger partial charge in [0.1, 0.15) is 5.92 Å². The normalized spacial score (nSPS) is 21.2. The van der Waals surface area contributed by atoms with Crippen molar-refractivity contribution >= 4 is 29.2 Å². The largest absolute Gasteiger partial charge is 0.466 e. The van der Waals surface area contributed by atoms with Gasteiger partial charge in [-0.3, -0.25) is 9.59 Å². The maximum absolute atomic E-state index is 12.1. The molecule has 0 spiro atoms. The summed E-state index contributed by atoms with van der Waals surface area (Å²) in [4.78, 5) is 28.9. The van der Waals surface area contributed by atoms with Crippen LogP contribution in [0.2, 0.25) is 5.15 Å². The van der Waals surface area contributed by atoms with Crippen molar-refractivity contribution in [3.63, 3.8) is 0 Å². The fourth-order valence-electron chi connectivity index (χ4n) is 2.67. The standard InChI is InChI=1S/C15H20ClN3O3/c1-2-22-15(21)11-5-4-8-19(9-11)10-13(20)18-12-6-3-7-17-14(12)16/h3,6-7,11H,2,4-5,8-10H2,1H3,(H,18,20)/p+1/t11-/m1/s1. The van der Waals surface area contributed by atoms with Crippen molar-refractivity contribution in [2.24, 2.45) is 5.92 Å². The summed E-state index contributed by atoms with van der Waals surface area (Å²) in [5.41, 5.74) is 0.507. The van der Waals surface area contributed by atoms with Crippen LogP contribution in [0.3, 0.4) is 0 Å². The molecule has 1 unspecified atom stereocenters. The molecule has 7 heteroatoms. The van der Waals surface area contributed by atoms with E-state index in [0.717, 1.165) is 24.3 Å². The molecule has 1 saturated heterocycles. The molecule has 120 valence electrons. The highest BCUT2D eigenvalue weighted by atomic mass is 35.5. The number of carbonyl (C=O) groups is 2. The van der Waals surface area contributed by atoms with E-state index in [4.69, 9.17) is 16.3 Å². The number of hydrogen-bond acceptors (Lipinski definition) is 4. The predicted molar refractivity (Wildman–Crippen MR) is 82.8 cm³/mol. The highest BCUT2D eigenvalue weighted by Crippen LogP contribution is 2.17. The number of nitrogens with zero attached hydrogens (tertiary/aromatic N) is 1. The molecule has 1 fully saturated rings. The van der Waals surface area contributed by atoms with Crippen molar-refractivity contribution in [3.8, 4) is 0 Å². The van der Waals surface area contributed by atoms with E-state index in [9.17, 15) is 9.59 Å². The molecule has 1 amide bonds. The van der Waals surface area contributed by atoms with E-state index in [0.29, 0.717) is 25.4 Å². The lowest BCUT2D eigenvalue weighted by Gasteiger charge is -2.28. The van der Waals surface area contributed by atoms with Crippen LogP contribution in [0.25, 0.3) is 0 Å². The summed E-state index contributed by atoms with van der Waals surface area (Å²) in [5, 5.41) is 3.03. The lowest BCUT2D eigenvalue weighted by atomic mass is 9.98. The summed E-state index contributed by atoms with van der Waals surface area (Å²) in [6.45, 7) is 4.01. The summed E-state index contributed by atoms with van der Waals surface area (Å²) in [7, 11) is 0. The van der Waals surface area contributed by atoms with Gasteiger partial charge in [0.2, 0.25) is 0 Å². The van der Waals surface area contributed by atoms with E-state index in [2.05, 4.69) is 10.3 Å². The summed E-state index contributed by atoms with van der Waals surface area (Å²) in [6, 6.07) is 3.42. The third-order valence-corrected chi connectivity index (χ3v) is 3.98. The van der Waals surface area contributed by atoms with E-state index >= 15 is 0 Å². The maximum Gasteiger partial charge on any atom is 0.314 e. The van der Waals surface area contributed by atoms with Crippen molar-refractivity contribution in [2.45, 2.75) is 19.8 Å². The van der Waals surface area contributed by atoms with Crippen LogP contribution < -0.4 is 10.2 Å². The van der Waals surface area contributed by atoms with E-state index in [1.807, 2.05) is 0 Å². The molecule has 1 aromatic rings. The van der Waals surface area contributed by atoms with Gasteiger partial charge in [0.15, 0.2) is 11.7 Å². The number of amides is 1. The van der Waals surface area contributed by atoms with Gasteiger partial charge in [-0.2, -0.15) is 0 Å². The average Bonchev–Trinajstić information content (AvgIpc) is 2.50. The third kappa shape index (κ3) is 4.68. The van der Waals surface area contributed by atoms with E-state index < -0.39 is 0 Å². The molecule has 1 aliphatic rings. The second-order valence-electron chi connectivity index (χ2n) is 5.36. The van der Waals surface area contributed by atoms with Gasteiger partial charge in [-0.05, 0) is 31.9 Å². The lowest BCUT2D eigenvalue weighted by molar-refractivity contribution is -0.899. The van der Waals surface area contributed by atoms with Crippen molar-refractivity contribution in [2.75, 3.05) is 31.6 Å². The number of nitrogens with one attached hydrogen (secondary N) is 2. The molecule has 0 radical (unpaired) electrons. The van der Waals surface area contributed by atoms with Crippen LogP contribution in [0, 0.1) is 5.92 Å². The van der Waals surface area contributed by atoms with Gasteiger partial charge in [-0.1, -0.05) is 11.6 Å². The first-order valence-corrected chi connectivity index (χ1v) is 7.88. The zero-order valence-electron chi connectivity index (χ0n) is 12.6. The number of quaternary nitrogens is 1. The fourth-order valence-corrected chi connectivity index (χ4v) is 2.84. The van der Waals surface area contributed by atoms with Gasteiger partial charge in [0.05, 0.1) is 25.4 Å². The zero-order valence-corrected chi connectivity index (χ0v) is 13.4. The van der Waals surface area contributed by atoms with Gasteiger partial charge in [0.25, 0.3) is 5.91 Å². The number of halogens is 1. The number of anilines is 1. The fraction of sp³-hybridized carbons (Fsp3) is 0.533. The van der Waals surface area contributed by atoms with Crippen LogP contribution in [0.4, 0.5) is 5.69 Å². The van der Waals surface area contributed by atoms with Crippen molar-refractivity contribution in [1.29, 1.82) is 0 Å². The minimum Gasteiger partial charge on any atom is -0.466 e. The molecule has 2 rings (SSSR count). The zero-order chi connectivity index (χ0) is 15.9. The highest BCUT2D eigenvalue weighted by molar-refractivity contribution is 6.32. The Labute approximate surface area is 134 Å². The first-order chi connectivity index (χ1) is 10.6. The van der Waals surface area contributed by atoms with Crippen LogP contribution in [-0.2, 0) is 14.3 Å². The second-order valence-corrected chi connectivity index (χ2v) is 5.72. The Bertz CT molecular complexity index is 539. The van der Waals surface area contributed by atoms with Crippen molar-refractivity contribution < 1.29 is 19.2 Å². The van der Waals surface area contributed by atoms with E-state index in [1.54, 1.807) is 25.3 Å². The molecule has 6 nitrogen and oxygen atoms in total. The number of ether oxygens (including phenoxy) is 1. The molecule has 2 heterocycles. The molecule has 22 heavy (non-hydrogen) atoms. The number of pyridine rings is 1. The number of rotatable bonds is 5. The van der Waals surface area contributed by atoms with Crippen LogP contribution in [0.15, 0.2) is 18.3 Å². The van der Waals surface area contributed by atoms with Crippen LogP contribution in [0.1, 0.15) is 19.8 Å². The second kappa shape index (κ2) is 8.10. The Morgan fingerprint density at radius 3 is 3.09 bits per heavy atom. The van der Waals surface area contributed by atoms with Gasteiger partial charge in [-0.25, -0.2) is 4.98 Å². The molecular weight excluding hydrogens is 306 g/mol. The Hall–Kier alpha value is -1.66. The topological polar surface area (TPSA) is 72.7 Å². The lowest BCUT2D eigenvalue weighted by Crippen LogP contribution is -3.14. The predicted octanol–water partition coefficient (Wildman–Crippen LogP) is 0.531. The van der Waals surface area contributed by atoms with Crippen molar-refractivity contribution in [1.82, 2.24) is 4.98 Å². The first-order valence-electron chi connectivity index (χ1n) is 7.50. The Kier molecular flexibility index (Phi) is 6.15. The van der Waals surface area contributed by atoms with Gasteiger partial charge < -0.3 is 15.0 Å². The monoisotopic (exact) mass is 326 g/mol. The third-order valence-electron chi connectivity index (χ3n) is 3.68. The quantitative estimate of drug-likeness (QED) is 0.611. The molecule has 0 aliphatic carbocycles. The van der Waals surface area contributed by atoms with Crippen LogP contribution >= 0.6 is 11.6 Å². The number of aromatic nitrogens is 1. The molecule has 2 N–H and O–H groups in total. The minimum absolute atomic E-state index is 0.113.